The minimum absolute atomic E-state index is 0.0422. The number of carbonyl (C=O) groups is 2. The van der Waals surface area contributed by atoms with Crippen molar-refractivity contribution in [2.75, 3.05) is 31.2 Å². The van der Waals surface area contributed by atoms with Gasteiger partial charge < -0.3 is 20.4 Å². The zero-order valence-corrected chi connectivity index (χ0v) is 17.1. The van der Waals surface area contributed by atoms with Gasteiger partial charge in [-0.1, -0.05) is 36.4 Å². The first-order valence-corrected chi connectivity index (χ1v) is 10.9. The van der Waals surface area contributed by atoms with Gasteiger partial charge in [-0.3, -0.25) is 9.59 Å². The van der Waals surface area contributed by atoms with Gasteiger partial charge in [0.05, 0.1) is 6.67 Å². The second-order valence-electron chi connectivity index (χ2n) is 8.62. The molecule has 0 radical (unpaired) electrons. The average molecular weight is 405 g/mol. The van der Waals surface area contributed by atoms with E-state index in [4.69, 9.17) is 0 Å². The first-order valence-electron chi connectivity index (χ1n) is 10.9. The highest BCUT2D eigenvalue weighted by molar-refractivity contribution is 5.97. The molecule has 3 aliphatic heterocycles. The van der Waals surface area contributed by atoms with Gasteiger partial charge in [-0.25, -0.2) is 0 Å². The van der Waals surface area contributed by atoms with E-state index in [1.54, 1.807) is 0 Å². The highest BCUT2D eigenvalue weighted by Gasteiger charge is 2.50. The summed E-state index contributed by atoms with van der Waals surface area (Å²) in [5.41, 5.74) is 2.62. The number of likely N-dealkylation sites (tertiary alicyclic amines) is 1. The van der Waals surface area contributed by atoms with E-state index in [0.29, 0.717) is 6.67 Å². The van der Waals surface area contributed by atoms with Crippen LogP contribution in [0.3, 0.4) is 0 Å². The summed E-state index contributed by atoms with van der Waals surface area (Å²) in [7, 11) is 0. The number of benzene rings is 2. The van der Waals surface area contributed by atoms with Gasteiger partial charge in [0.2, 0.25) is 5.91 Å². The molecule has 3 heterocycles. The van der Waals surface area contributed by atoms with Crippen molar-refractivity contribution in [2.45, 2.75) is 37.3 Å². The third kappa shape index (κ3) is 3.35. The lowest BCUT2D eigenvalue weighted by Crippen LogP contribution is -2.56. The molecular weight excluding hydrogens is 376 g/mol. The third-order valence-electron chi connectivity index (χ3n) is 6.95. The summed E-state index contributed by atoms with van der Waals surface area (Å²) in [4.78, 5) is 29.8. The number of anilines is 1. The zero-order chi connectivity index (χ0) is 20.6. The van der Waals surface area contributed by atoms with Crippen molar-refractivity contribution in [1.82, 2.24) is 15.5 Å². The molecule has 0 saturated carbocycles. The Kier molecular flexibility index (Phi) is 4.95. The molecule has 1 spiro atoms. The number of rotatable bonds is 4. The Morgan fingerprint density at radius 2 is 1.70 bits per heavy atom. The standard InChI is InChI=1S/C24H28N4O2/c29-22-21-9-5-4-6-18(21)16-19(26-22)10-13-27-14-11-24(12-15-27)23(30)25-17-28(24)20-7-2-1-3-8-20/h1-9,19H,10-17H2,(H,25,30)(H,26,29). The number of hydrogen-bond acceptors (Lipinski definition) is 4. The molecule has 1 atom stereocenters. The van der Waals surface area contributed by atoms with Crippen molar-refractivity contribution >= 4 is 17.5 Å². The Morgan fingerprint density at radius 3 is 2.50 bits per heavy atom. The summed E-state index contributed by atoms with van der Waals surface area (Å²) in [5.74, 6) is 0.197. The van der Waals surface area contributed by atoms with E-state index in [1.807, 2.05) is 36.4 Å². The van der Waals surface area contributed by atoms with Crippen molar-refractivity contribution in [3.63, 3.8) is 0 Å². The van der Waals surface area contributed by atoms with Crippen molar-refractivity contribution < 1.29 is 9.59 Å². The lowest BCUT2D eigenvalue weighted by Gasteiger charge is -2.43. The van der Waals surface area contributed by atoms with Gasteiger partial charge in [-0.15, -0.1) is 0 Å². The molecule has 2 aromatic rings. The molecular formula is C24H28N4O2. The van der Waals surface area contributed by atoms with Crippen molar-refractivity contribution in [3.05, 3.63) is 65.7 Å². The fourth-order valence-electron chi connectivity index (χ4n) is 5.19. The lowest BCUT2D eigenvalue weighted by molar-refractivity contribution is -0.125. The predicted octanol–water partition coefficient (Wildman–Crippen LogP) is 2.16. The van der Waals surface area contributed by atoms with Crippen LogP contribution in [0, 0.1) is 0 Å². The van der Waals surface area contributed by atoms with Gasteiger partial charge in [-0.2, -0.15) is 0 Å². The molecule has 5 rings (SSSR count). The van der Waals surface area contributed by atoms with E-state index >= 15 is 0 Å². The van der Waals surface area contributed by atoms with Crippen LogP contribution in [-0.4, -0.2) is 54.6 Å². The molecule has 2 amide bonds. The highest BCUT2D eigenvalue weighted by Crippen LogP contribution is 2.36. The number of nitrogens with one attached hydrogen (secondary N) is 2. The molecule has 0 aromatic heterocycles. The maximum absolute atomic E-state index is 12.8. The fraction of sp³-hybridized carbons (Fsp3) is 0.417. The van der Waals surface area contributed by atoms with Gasteiger partial charge in [-0.05, 0) is 49.4 Å². The van der Waals surface area contributed by atoms with Crippen molar-refractivity contribution in [2.24, 2.45) is 0 Å². The van der Waals surface area contributed by atoms with E-state index in [9.17, 15) is 9.59 Å². The second kappa shape index (κ2) is 7.76. The Balaban J connectivity index is 1.19. The molecule has 2 fully saturated rings. The first-order chi connectivity index (χ1) is 14.7. The lowest BCUT2D eigenvalue weighted by atomic mass is 9.85. The van der Waals surface area contributed by atoms with Crippen LogP contribution in [0.4, 0.5) is 5.69 Å². The molecule has 6 heteroatoms. The third-order valence-corrected chi connectivity index (χ3v) is 6.95. The summed E-state index contributed by atoms with van der Waals surface area (Å²) >= 11 is 0. The monoisotopic (exact) mass is 404 g/mol. The predicted molar refractivity (Wildman–Crippen MR) is 116 cm³/mol. The van der Waals surface area contributed by atoms with Crippen LogP contribution in [0.25, 0.3) is 0 Å². The Labute approximate surface area is 177 Å². The van der Waals surface area contributed by atoms with Crippen LogP contribution in [0.2, 0.25) is 0 Å². The van der Waals surface area contributed by atoms with Crippen molar-refractivity contribution in [3.8, 4) is 0 Å². The first kappa shape index (κ1) is 19.1. The Bertz CT molecular complexity index is 937. The molecule has 0 aliphatic carbocycles. The van der Waals surface area contributed by atoms with Crippen LogP contribution in [-0.2, 0) is 11.2 Å². The number of para-hydroxylation sites is 1. The molecule has 2 N–H and O–H groups in total. The average Bonchev–Trinajstić information content (AvgIpc) is 3.09. The largest absolute Gasteiger partial charge is 0.349 e. The van der Waals surface area contributed by atoms with Gasteiger partial charge in [0.25, 0.3) is 5.91 Å². The van der Waals surface area contributed by atoms with E-state index in [2.05, 4.69) is 38.6 Å². The van der Waals surface area contributed by atoms with Crippen LogP contribution < -0.4 is 15.5 Å². The smallest absolute Gasteiger partial charge is 0.251 e. The maximum Gasteiger partial charge on any atom is 0.251 e. The molecule has 2 saturated heterocycles. The molecule has 30 heavy (non-hydrogen) atoms. The van der Waals surface area contributed by atoms with E-state index in [-0.39, 0.29) is 17.9 Å². The Hall–Kier alpha value is -2.86. The molecule has 0 bridgehead atoms. The molecule has 156 valence electrons. The summed E-state index contributed by atoms with van der Waals surface area (Å²) in [6, 6.07) is 18.3. The SMILES string of the molecule is O=C1NC(CCN2CCC3(CC2)C(=O)NCN3c2ccccc2)Cc2ccccc21. The van der Waals surface area contributed by atoms with Gasteiger partial charge in [0.1, 0.15) is 5.54 Å². The van der Waals surface area contributed by atoms with Crippen LogP contribution in [0.15, 0.2) is 54.6 Å². The summed E-state index contributed by atoms with van der Waals surface area (Å²) in [5, 5.41) is 6.22. The summed E-state index contributed by atoms with van der Waals surface area (Å²) in [6.45, 7) is 3.31. The highest BCUT2D eigenvalue weighted by atomic mass is 16.2. The maximum atomic E-state index is 12.8. The van der Waals surface area contributed by atoms with Crippen LogP contribution in [0.1, 0.15) is 35.2 Å². The number of fused-ring (bicyclic) bond motifs is 1. The van der Waals surface area contributed by atoms with Gasteiger partial charge in [0.15, 0.2) is 0 Å². The molecule has 2 aromatic carbocycles. The van der Waals surface area contributed by atoms with Gasteiger partial charge in [0, 0.05) is 36.9 Å². The van der Waals surface area contributed by atoms with Crippen LogP contribution in [0.5, 0.6) is 0 Å². The summed E-state index contributed by atoms with van der Waals surface area (Å²) < 4.78 is 0. The molecule has 6 nitrogen and oxygen atoms in total. The minimum Gasteiger partial charge on any atom is -0.349 e. The minimum atomic E-state index is -0.435. The number of nitrogens with zero attached hydrogens (tertiary/aromatic N) is 2. The van der Waals surface area contributed by atoms with E-state index in [0.717, 1.165) is 62.1 Å². The van der Waals surface area contributed by atoms with E-state index in [1.165, 1.54) is 0 Å². The topological polar surface area (TPSA) is 64.7 Å². The summed E-state index contributed by atoms with van der Waals surface area (Å²) in [6.07, 6.45) is 3.48. The quantitative estimate of drug-likeness (QED) is 0.820. The number of hydrogen-bond donors (Lipinski definition) is 2. The van der Waals surface area contributed by atoms with Gasteiger partial charge >= 0.3 is 0 Å². The molecule has 3 aliphatic rings. The fourth-order valence-corrected chi connectivity index (χ4v) is 5.19. The van der Waals surface area contributed by atoms with E-state index < -0.39 is 5.54 Å². The molecule has 1 unspecified atom stereocenters. The van der Waals surface area contributed by atoms with Crippen molar-refractivity contribution in [1.29, 1.82) is 0 Å². The number of carbonyl (C=O) groups excluding carboxylic acids is 2. The number of piperidine rings is 1. The Morgan fingerprint density at radius 1 is 0.967 bits per heavy atom. The van der Waals surface area contributed by atoms with Crippen LogP contribution >= 0.6 is 0 Å². The second-order valence-corrected chi connectivity index (χ2v) is 8.62. The zero-order valence-electron chi connectivity index (χ0n) is 17.1. The number of amides is 2. The normalized spacial score (nSPS) is 23.2.